The van der Waals surface area contributed by atoms with Crippen molar-refractivity contribution in [2.45, 2.75) is 50.6 Å². The van der Waals surface area contributed by atoms with Gasteiger partial charge in [0.25, 0.3) is 0 Å². The van der Waals surface area contributed by atoms with Gasteiger partial charge in [-0.2, -0.15) is 5.10 Å². The number of fused-ring (bicyclic) bond motifs is 4. The van der Waals surface area contributed by atoms with E-state index in [-0.39, 0.29) is 0 Å². The Kier molecular flexibility index (Phi) is 3.94. The number of nitrogens with one attached hydrogen (secondary N) is 1. The molecule has 3 aliphatic heterocycles. The number of H-pyrrole nitrogens is 1. The zero-order valence-corrected chi connectivity index (χ0v) is 16.5. The maximum atomic E-state index is 5.95. The highest BCUT2D eigenvalue weighted by atomic mass is 15.3. The van der Waals surface area contributed by atoms with Gasteiger partial charge in [-0.15, -0.1) is 0 Å². The molecule has 0 aliphatic carbocycles. The fourth-order valence-corrected chi connectivity index (χ4v) is 5.56. The molecule has 2 bridgehead atoms. The van der Waals surface area contributed by atoms with Crippen LogP contribution in [0.1, 0.15) is 37.8 Å². The Labute approximate surface area is 169 Å². The summed E-state index contributed by atoms with van der Waals surface area (Å²) in [6, 6.07) is 5.17. The van der Waals surface area contributed by atoms with Crippen molar-refractivity contribution in [2.24, 2.45) is 11.7 Å². The minimum atomic E-state index is 0.538. The Morgan fingerprint density at radius 2 is 2.03 bits per heavy atom. The third-order valence-corrected chi connectivity index (χ3v) is 6.88. The molecule has 29 heavy (non-hydrogen) atoms. The number of aryl methyl sites for hydroxylation is 1. The van der Waals surface area contributed by atoms with E-state index in [1.807, 2.05) is 18.5 Å². The molecule has 0 radical (unpaired) electrons. The van der Waals surface area contributed by atoms with Gasteiger partial charge < -0.3 is 15.5 Å². The predicted molar refractivity (Wildman–Crippen MR) is 112 cm³/mol. The van der Waals surface area contributed by atoms with Crippen LogP contribution in [0.15, 0.2) is 24.5 Å². The van der Waals surface area contributed by atoms with Gasteiger partial charge in [-0.05, 0) is 63.1 Å². The van der Waals surface area contributed by atoms with Crippen LogP contribution in [0.3, 0.4) is 0 Å². The first-order valence-corrected chi connectivity index (χ1v) is 10.7. The van der Waals surface area contributed by atoms with E-state index < -0.39 is 0 Å². The van der Waals surface area contributed by atoms with Crippen LogP contribution in [-0.2, 0) is 6.42 Å². The van der Waals surface area contributed by atoms with E-state index in [9.17, 15) is 0 Å². The third-order valence-electron chi connectivity index (χ3n) is 6.88. The second kappa shape index (κ2) is 6.66. The highest BCUT2D eigenvalue weighted by Gasteiger charge is 2.41. The quantitative estimate of drug-likeness (QED) is 0.709. The lowest BCUT2D eigenvalue weighted by atomic mass is 9.91. The molecular formula is C21H26N8. The molecular weight excluding hydrogens is 364 g/mol. The molecule has 6 heterocycles. The highest BCUT2D eigenvalue weighted by Crippen LogP contribution is 2.41. The van der Waals surface area contributed by atoms with Gasteiger partial charge in [0.05, 0.1) is 17.6 Å². The first kappa shape index (κ1) is 17.1. The van der Waals surface area contributed by atoms with E-state index in [2.05, 4.69) is 31.0 Å². The van der Waals surface area contributed by atoms with Gasteiger partial charge >= 0.3 is 0 Å². The number of aromatic amines is 1. The Balaban J connectivity index is 1.35. The summed E-state index contributed by atoms with van der Waals surface area (Å²) in [5, 5.41) is 7.73. The molecule has 2 saturated heterocycles. The minimum Gasteiger partial charge on any atom is -0.349 e. The number of piperidine rings is 1. The predicted octanol–water partition coefficient (Wildman–Crippen LogP) is 2.54. The zero-order valence-electron chi connectivity index (χ0n) is 16.5. The second-order valence-corrected chi connectivity index (χ2v) is 8.56. The van der Waals surface area contributed by atoms with Crippen molar-refractivity contribution in [1.29, 1.82) is 0 Å². The molecule has 0 aromatic carbocycles. The van der Waals surface area contributed by atoms with Crippen molar-refractivity contribution in [3.05, 3.63) is 30.2 Å². The molecule has 150 valence electrons. The van der Waals surface area contributed by atoms with Gasteiger partial charge in [0.15, 0.2) is 17.0 Å². The number of hydrogen-bond donors (Lipinski definition) is 2. The summed E-state index contributed by atoms with van der Waals surface area (Å²) in [7, 11) is 0. The first-order chi connectivity index (χ1) is 14.3. The van der Waals surface area contributed by atoms with Crippen LogP contribution in [0.4, 0.5) is 17.3 Å². The van der Waals surface area contributed by atoms with Gasteiger partial charge in [0.1, 0.15) is 5.82 Å². The molecule has 2 fully saturated rings. The van der Waals surface area contributed by atoms with Crippen LogP contribution >= 0.6 is 0 Å². The smallest absolute Gasteiger partial charge is 0.183 e. The van der Waals surface area contributed by atoms with Crippen LogP contribution in [0.2, 0.25) is 0 Å². The molecule has 0 saturated carbocycles. The zero-order chi connectivity index (χ0) is 19.4. The standard InChI is InChI=1S/C21H26N8/c22-11-13-9-14-5-6-15(10-13)29(14)18-12-24-19-20(25-18)26-27-21(19)28-8-2-3-16-17(28)4-1-7-23-16/h1,4,7,12-15H,2-3,5-6,8-11,22H2,(H,25,26,27)/t13-,14-,15?/m1/s1. The average molecular weight is 390 g/mol. The van der Waals surface area contributed by atoms with Crippen LogP contribution < -0.4 is 15.5 Å². The maximum absolute atomic E-state index is 5.95. The monoisotopic (exact) mass is 390 g/mol. The van der Waals surface area contributed by atoms with Crippen molar-refractivity contribution in [3.8, 4) is 0 Å². The highest BCUT2D eigenvalue weighted by molar-refractivity contribution is 5.87. The molecule has 3 aromatic heterocycles. The number of hydrogen-bond acceptors (Lipinski definition) is 7. The Morgan fingerprint density at radius 3 is 2.86 bits per heavy atom. The van der Waals surface area contributed by atoms with E-state index >= 15 is 0 Å². The summed E-state index contributed by atoms with van der Waals surface area (Å²) in [4.78, 5) is 19.0. The summed E-state index contributed by atoms with van der Waals surface area (Å²) in [5.41, 5.74) is 9.79. The number of anilines is 3. The van der Waals surface area contributed by atoms with E-state index in [4.69, 9.17) is 15.7 Å². The number of rotatable bonds is 3. The number of nitrogens with two attached hydrogens (primary N) is 1. The molecule has 3 N–H and O–H groups in total. The Hall–Kier alpha value is -2.74. The van der Waals surface area contributed by atoms with Crippen LogP contribution in [-0.4, -0.2) is 50.3 Å². The van der Waals surface area contributed by atoms with Crippen LogP contribution in [0.25, 0.3) is 11.2 Å². The number of pyridine rings is 1. The number of aromatic nitrogens is 5. The van der Waals surface area contributed by atoms with E-state index in [1.165, 1.54) is 25.7 Å². The Bertz CT molecular complexity index is 1030. The molecule has 0 amide bonds. The fourth-order valence-electron chi connectivity index (χ4n) is 5.56. The SMILES string of the molecule is NC[C@H]1CC2CC[C@H](C1)N2c1cnc2c(N3CCCc4ncccc43)n[nH]c2n1. The maximum Gasteiger partial charge on any atom is 0.183 e. The molecule has 8 nitrogen and oxygen atoms in total. The van der Waals surface area contributed by atoms with Crippen molar-refractivity contribution in [2.75, 3.05) is 22.9 Å². The summed E-state index contributed by atoms with van der Waals surface area (Å²) in [6.07, 6.45) is 10.6. The van der Waals surface area contributed by atoms with Crippen LogP contribution in [0.5, 0.6) is 0 Å². The topological polar surface area (TPSA) is 99.9 Å². The van der Waals surface area contributed by atoms with Crippen molar-refractivity contribution in [1.82, 2.24) is 25.1 Å². The number of nitrogens with zero attached hydrogens (tertiary/aromatic N) is 6. The van der Waals surface area contributed by atoms with Gasteiger partial charge in [0, 0.05) is 24.8 Å². The first-order valence-electron chi connectivity index (χ1n) is 10.7. The fraction of sp³-hybridized carbons (Fsp3) is 0.524. The van der Waals surface area contributed by atoms with Crippen molar-refractivity contribution >= 4 is 28.5 Å². The molecule has 3 aliphatic rings. The lowest BCUT2D eigenvalue weighted by molar-refractivity contribution is 0.345. The molecule has 8 heteroatoms. The summed E-state index contributed by atoms with van der Waals surface area (Å²) < 4.78 is 0. The molecule has 6 rings (SSSR count). The summed E-state index contributed by atoms with van der Waals surface area (Å²) >= 11 is 0. The van der Waals surface area contributed by atoms with Crippen LogP contribution in [0, 0.1) is 5.92 Å². The summed E-state index contributed by atoms with van der Waals surface area (Å²) in [5.74, 6) is 2.46. The van der Waals surface area contributed by atoms with E-state index in [0.29, 0.717) is 18.0 Å². The molecule has 3 aromatic rings. The normalized spacial score (nSPS) is 26.2. The van der Waals surface area contributed by atoms with Crippen molar-refractivity contribution < 1.29 is 0 Å². The lowest BCUT2D eigenvalue weighted by Crippen LogP contribution is -2.45. The van der Waals surface area contributed by atoms with E-state index in [1.54, 1.807) is 0 Å². The van der Waals surface area contributed by atoms with Gasteiger partial charge in [-0.3, -0.25) is 10.1 Å². The molecule has 3 atom stereocenters. The van der Waals surface area contributed by atoms with E-state index in [0.717, 1.165) is 60.1 Å². The minimum absolute atomic E-state index is 0.538. The largest absolute Gasteiger partial charge is 0.349 e. The lowest BCUT2D eigenvalue weighted by Gasteiger charge is -2.39. The third kappa shape index (κ3) is 2.69. The molecule has 1 unspecified atom stereocenters. The van der Waals surface area contributed by atoms with Gasteiger partial charge in [-0.1, -0.05) is 0 Å². The van der Waals surface area contributed by atoms with Gasteiger partial charge in [0.2, 0.25) is 0 Å². The van der Waals surface area contributed by atoms with Gasteiger partial charge in [-0.25, -0.2) is 9.97 Å². The molecule has 0 spiro atoms. The Morgan fingerprint density at radius 1 is 1.17 bits per heavy atom. The second-order valence-electron chi connectivity index (χ2n) is 8.56. The summed E-state index contributed by atoms with van der Waals surface area (Å²) in [6.45, 7) is 1.71. The van der Waals surface area contributed by atoms with Crippen molar-refractivity contribution in [3.63, 3.8) is 0 Å². The average Bonchev–Trinajstić information content (AvgIpc) is 3.30.